The number of phenolic OH excluding ortho intramolecular Hbond substituents is 1. The van der Waals surface area contributed by atoms with Crippen LogP contribution in [0.15, 0.2) is 24.3 Å². The van der Waals surface area contributed by atoms with Gasteiger partial charge in [-0.1, -0.05) is 6.07 Å². The van der Waals surface area contributed by atoms with Gasteiger partial charge in [-0.15, -0.1) is 0 Å². The number of piperazine rings is 1. The molecule has 0 radical (unpaired) electrons. The summed E-state index contributed by atoms with van der Waals surface area (Å²) in [6.45, 7) is 6.71. The summed E-state index contributed by atoms with van der Waals surface area (Å²) in [6.07, 6.45) is 0. The Labute approximate surface area is 183 Å². The zero-order valence-corrected chi connectivity index (χ0v) is 17.7. The maximum Gasteiger partial charge on any atom is 0.229 e. The Kier molecular flexibility index (Phi) is 5.48. The van der Waals surface area contributed by atoms with Gasteiger partial charge < -0.3 is 25.0 Å². The summed E-state index contributed by atoms with van der Waals surface area (Å²) in [4.78, 5) is 17.9. The monoisotopic (exact) mass is 442 g/mol. The van der Waals surface area contributed by atoms with Crippen LogP contribution >= 0.6 is 0 Å². The van der Waals surface area contributed by atoms with Crippen molar-refractivity contribution in [1.29, 1.82) is 0 Å². The lowest BCUT2D eigenvalue weighted by Gasteiger charge is -2.36. The van der Waals surface area contributed by atoms with Crippen LogP contribution in [0.2, 0.25) is 0 Å². The Bertz CT molecular complexity index is 1130. The van der Waals surface area contributed by atoms with E-state index in [0.717, 1.165) is 19.2 Å². The molecular weight excluding hydrogens is 418 g/mol. The molecule has 0 aliphatic carbocycles. The van der Waals surface area contributed by atoms with Gasteiger partial charge >= 0.3 is 0 Å². The van der Waals surface area contributed by atoms with Gasteiger partial charge in [0.05, 0.1) is 24.2 Å². The molecule has 1 atom stereocenters. The second-order valence-corrected chi connectivity index (χ2v) is 8.02. The van der Waals surface area contributed by atoms with Crippen molar-refractivity contribution in [3.05, 3.63) is 35.9 Å². The first kappa shape index (κ1) is 20.8. The Morgan fingerprint density at radius 1 is 1.09 bits per heavy atom. The second kappa shape index (κ2) is 8.44. The van der Waals surface area contributed by atoms with Crippen molar-refractivity contribution in [3.63, 3.8) is 0 Å². The molecule has 0 amide bonds. The van der Waals surface area contributed by atoms with E-state index >= 15 is 4.39 Å². The van der Waals surface area contributed by atoms with Crippen LogP contribution in [-0.4, -0.2) is 72.0 Å². The van der Waals surface area contributed by atoms with Gasteiger partial charge in [0.25, 0.3) is 0 Å². The number of rotatable bonds is 3. The molecule has 10 heteroatoms. The molecule has 1 aromatic carbocycles. The van der Waals surface area contributed by atoms with E-state index in [9.17, 15) is 9.50 Å². The highest BCUT2D eigenvalue weighted by atomic mass is 19.1. The molecule has 2 saturated heterocycles. The van der Waals surface area contributed by atoms with Gasteiger partial charge in [0.2, 0.25) is 5.95 Å². The van der Waals surface area contributed by atoms with Crippen molar-refractivity contribution < 1.29 is 18.6 Å². The topological polar surface area (TPSA) is 86.6 Å². The first-order chi connectivity index (χ1) is 15.5. The van der Waals surface area contributed by atoms with Crippen LogP contribution < -0.4 is 15.1 Å². The number of benzene rings is 1. The first-order valence-electron chi connectivity index (χ1n) is 10.7. The lowest BCUT2D eigenvalue weighted by atomic mass is 10.1. The molecule has 168 valence electrons. The predicted molar refractivity (Wildman–Crippen MR) is 117 cm³/mol. The quantitative estimate of drug-likeness (QED) is 0.639. The predicted octanol–water partition coefficient (Wildman–Crippen LogP) is 2.31. The molecule has 0 unspecified atom stereocenters. The maximum absolute atomic E-state index is 15.2. The Hall–Kier alpha value is -3.11. The highest BCUT2D eigenvalue weighted by molar-refractivity contribution is 5.90. The van der Waals surface area contributed by atoms with Crippen LogP contribution in [0.25, 0.3) is 22.3 Å². The maximum atomic E-state index is 15.2. The fourth-order valence-electron chi connectivity index (χ4n) is 4.21. The first-order valence-corrected chi connectivity index (χ1v) is 10.7. The number of aromatic hydroxyl groups is 1. The minimum Gasteiger partial charge on any atom is -0.507 e. The van der Waals surface area contributed by atoms with Crippen LogP contribution in [0.5, 0.6) is 5.75 Å². The Balaban J connectivity index is 1.72. The van der Waals surface area contributed by atoms with Crippen LogP contribution in [-0.2, 0) is 4.74 Å². The van der Waals surface area contributed by atoms with Gasteiger partial charge in [-0.2, -0.15) is 9.97 Å². The highest BCUT2D eigenvalue weighted by Gasteiger charge is 2.27. The Morgan fingerprint density at radius 2 is 1.91 bits per heavy atom. The van der Waals surface area contributed by atoms with Gasteiger partial charge in [-0.25, -0.2) is 13.8 Å². The third-order valence-corrected chi connectivity index (χ3v) is 5.90. The molecule has 2 aliphatic rings. The van der Waals surface area contributed by atoms with Crippen molar-refractivity contribution in [3.8, 4) is 17.0 Å². The van der Waals surface area contributed by atoms with Crippen molar-refractivity contribution in [1.82, 2.24) is 20.3 Å². The molecule has 0 bridgehead atoms. The number of hydrogen-bond acceptors (Lipinski definition) is 8. The number of nitrogens with one attached hydrogen (secondary N) is 1. The van der Waals surface area contributed by atoms with Crippen LogP contribution in [0.3, 0.4) is 0 Å². The summed E-state index contributed by atoms with van der Waals surface area (Å²) < 4.78 is 35.1. The number of aromatic nitrogens is 3. The molecular formula is C22H24F2N6O2. The van der Waals surface area contributed by atoms with Crippen molar-refractivity contribution >= 4 is 22.8 Å². The molecule has 2 aliphatic heterocycles. The van der Waals surface area contributed by atoms with Crippen LogP contribution in [0, 0.1) is 11.6 Å². The van der Waals surface area contributed by atoms with E-state index in [1.54, 1.807) is 0 Å². The molecule has 2 aromatic heterocycles. The Morgan fingerprint density at radius 3 is 2.66 bits per heavy atom. The van der Waals surface area contributed by atoms with Gasteiger partial charge in [0.15, 0.2) is 11.5 Å². The fraction of sp³-hybridized carbons (Fsp3) is 0.409. The van der Waals surface area contributed by atoms with Crippen molar-refractivity contribution in [2.45, 2.75) is 13.0 Å². The lowest BCUT2D eigenvalue weighted by molar-refractivity contribution is 0.122. The van der Waals surface area contributed by atoms with Crippen LogP contribution in [0.4, 0.5) is 20.5 Å². The van der Waals surface area contributed by atoms with E-state index in [1.165, 1.54) is 18.2 Å². The molecule has 3 aromatic rings. The molecule has 2 N–H and O–H groups in total. The van der Waals surface area contributed by atoms with E-state index in [0.29, 0.717) is 50.0 Å². The number of fused-ring (bicyclic) bond motifs is 1. The average molecular weight is 442 g/mol. The number of halogens is 2. The standard InChI is InChI=1S/C22H24F2N6O2/c1-13-12-25-5-6-30(13)21-14-11-16(24)19(18-15(23)3-2-4-17(18)31)26-20(14)27-22(28-21)29-7-9-32-10-8-29/h2-4,11,13,25,31H,5-10,12H2,1H3/t13-/m1/s1. The van der Waals surface area contributed by atoms with Crippen molar-refractivity contribution in [2.24, 2.45) is 0 Å². The van der Waals surface area contributed by atoms with Gasteiger partial charge in [-0.05, 0) is 25.1 Å². The molecule has 32 heavy (non-hydrogen) atoms. The van der Waals surface area contributed by atoms with Gasteiger partial charge in [0.1, 0.15) is 23.1 Å². The number of pyridine rings is 1. The SMILES string of the molecule is C[C@@H]1CNCCN1c1nc(N2CCOCC2)nc2nc(-c3c(O)cccc3F)c(F)cc12. The molecule has 8 nitrogen and oxygen atoms in total. The number of morpholine rings is 1. The van der Waals surface area contributed by atoms with E-state index in [1.807, 2.05) is 4.90 Å². The van der Waals surface area contributed by atoms with Gasteiger partial charge in [0, 0.05) is 38.8 Å². The van der Waals surface area contributed by atoms with E-state index in [4.69, 9.17) is 9.72 Å². The van der Waals surface area contributed by atoms with Crippen LogP contribution in [0.1, 0.15) is 6.92 Å². The third kappa shape index (κ3) is 3.69. The fourth-order valence-corrected chi connectivity index (χ4v) is 4.21. The molecule has 4 heterocycles. The smallest absolute Gasteiger partial charge is 0.229 e. The summed E-state index contributed by atoms with van der Waals surface area (Å²) in [5.41, 5.74) is -0.309. The second-order valence-electron chi connectivity index (χ2n) is 8.02. The zero-order chi connectivity index (χ0) is 22.2. The summed E-state index contributed by atoms with van der Waals surface area (Å²) in [5.74, 6) is -0.807. The van der Waals surface area contributed by atoms with Gasteiger partial charge in [-0.3, -0.25) is 0 Å². The average Bonchev–Trinajstić information content (AvgIpc) is 2.80. The number of ether oxygens (including phenoxy) is 1. The highest BCUT2D eigenvalue weighted by Crippen LogP contribution is 2.36. The lowest BCUT2D eigenvalue weighted by Crippen LogP contribution is -2.50. The zero-order valence-electron chi connectivity index (χ0n) is 17.7. The number of phenols is 1. The third-order valence-electron chi connectivity index (χ3n) is 5.90. The van der Waals surface area contributed by atoms with E-state index < -0.39 is 11.6 Å². The minimum absolute atomic E-state index is 0.137. The summed E-state index contributed by atoms with van der Waals surface area (Å²) in [5, 5.41) is 14.0. The normalized spacial score (nSPS) is 19.5. The van der Waals surface area contributed by atoms with E-state index in [-0.39, 0.29) is 28.7 Å². The van der Waals surface area contributed by atoms with E-state index in [2.05, 4.69) is 27.1 Å². The molecule has 0 spiro atoms. The number of nitrogens with zero attached hydrogens (tertiary/aromatic N) is 5. The number of anilines is 2. The number of hydrogen-bond donors (Lipinski definition) is 2. The molecule has 0 saturated carbocycles. The largest absolute Gasteiger partial charge is 0.507 e. The summed E-state index contributed by atoms with van der Waals surface area (Å²) >= 11 is 0. The summed E-state index contributed by atoms with van der Waals surface area (Å²) in [6, 6.07) is 5.24. The van der Waals surface area contributed by atoms with Crippen molar-refractivity contribution in [2.75, 3.05) is 55.7 Å². The molecule has 5 rings (SSSR count). The molecule has 2 fully saturated rings. The summed E-state index contributed by atoms with van der Waals surface area (Å²) in [7, 11) is 0. The minimum atomic E-state index is -0.755.